The van der Waals surface area contributed by atoms with Crippen molar-refractivity contribution < 1.29 is 0 Å². The van der Waals surface area contributed by atoms with E-state index in [-0.39, 0.29) is 5.41 Å². The predicted octanol–water partition coefficient (Wildman–Crippen LogP) is 4.81. The first-order chi connectivity index (χ1) is 7.98. The zero-order valence-electron chi connectivity index (χ0n) is 10.4. The molecule has 0 aliphatic rings. The van der Waals surface area contributed by atoms with Gasteiger partial charge in [0, 0.05) is 16.2 Å². The summed E-state index contributed by atoms with van der Waals surface area (Å²) in [6.45, 7) is 6.65. The fraction of sp³-hybridized carbons (Fsp3) is 0.267. The number of nitrogens with zero attached hydrogens (tertiary/aromatic N) is 1. The van der Waals surface area contributed by atoms with E-state index in [1.807, 2.05) is 24.4 Å². The third-order valence-electron chi connectivity index (χ3n) is 2.74. The molecule has 0 bridgehead atoms. The number of halogens is 1. The Morgan fingerprint density at radius 3 is 2.35 bits per heavy atom. The molecule has 88 valence electrons. The van der Waals surface area contributed by atoms with Crippen molar-refractivity contribution in [2.75, 3.05) is 0 Å². The van der Waals surface area contributed by atoms with Crippen molar-refractivity contribution in [3.63, 3.8) is 0 Å². The number of aromatic nitrogens is 1. The van der Waals surface area contributed by atoms with Gasteiger partial charge in [-0.15, -0.1) is 0 Å². The van der Waals surface area contributed by atoms with Gasteiger partial charge in [0.25, 0.3) is 0 Å². The smallest absolute Gasteiger partial charge is 0.0702 e. The predicted molar refractivity (Wildman–Crippen MR) is 76.1 cm³/mol. The van der Waals surface area contributed by atoms with Gasteiger partial charge in [0.15, 0.2) is 0 Å². The lowest BCUT2D eigenvalue weighted by atomic mass is 9.86. The van der Waals surface area contributed by atoms with Gasteiger partial charge in [0.1, 0.15) is 0 Å². The number of hydrogen-bond donors (Lipinski definition) is 0. The molecule has 2 aromatic rings. The van der Waals surface area contributed by atoms with Crippen molar-refractivity contribution in [2.45, 2.75) is 26.2 Å². The summed E-state index contributed by atoms with van der Waals surface area (Å²) in [6.07, 6.45) is 1.82. The van der Waals surface area contributed by atoms with Gasteiger partial charge < -0.3 is 0 Å². The molecule has 0 atom stereocenters. The monoisotopic (exact) mass is 289 g/mol. The summed E-state index contributed by atoms with van der Waals surface area (Å²) in [5.41, 5.74) is 3.62. The molecule has 0 unspecified atom stereocenters. The average Bonchev–Trinajstić information content (AvgIpc) is 2.28. The Hall–Kier alpha value is -1.15. The molecule has 0 amide bonds. The van der Waals surface area contributed by atoms with Gasteiger partial charge in [-0.3, -0.25) is 4.98 Å². The van der Waals surface area contributed by atoms with Crippen LogP contribution in [-0.2, 0) is 5.41 Å². The second-order valence-electron chi connectivity index (χ2n) is 5.16. The summed E-state index contributed by atoms with van der Waals surface area (Å²) in [7, 11) is 0. The van der Waals surface area contributed by atoms with E-state index in [0.29, 0.717) is 0 Å². The average molecular weight is 290 g/mol. The molecule has 1 aromatic heterocycles. The van der Waals surface area contributed by atoms with Crippen molar-refractivity contribution in [3.05, 3.63) is 52.6 Å². The third-order valence-corrected chi connectivity index (χ3v) is 3.39. The highest BCUT2D eigenvalue weighted by molar-refractivity contribution is 9.10. The van der Waals surface area contributed by atoms with Gasteiger partial charge in [0.2, 0.25) is 0 Å². The first-order valence-corrected chi connectivity index (χ1v) is 6.49. The highest BCUT2D eigenvalue weighted by Crippen LogP contribution is 2.32. The van der Waals surface area contributed by atoms with Gasteiger partial charge in [-0.2, -0.15) is 0 Å². The van der Waals surface area contributed by atoms with Crippen molar-refractivity contribution in [2.24, 2.45) is 0 Å². The van der Waals surface area contributed by atoms with Crippen LogP contribution < -0.4 is 0 Å². The molecule has 2 heteroatoms. The summed E-state index contributed by atoms with van der Waals surface area (Å²) >= 11 is 3.65. The zero-order valence-corrected chi connectivity index (χ0v) is 12.0. The van der Waals surface area contributed by atoms with Crippen LogP contribution in [0.5, 0.6) is 0 Å². The Kier molecular flexibility index (Phi) is 3.34. The standard InChI is InChI=1S/C15H16BrN/c1-15(2,3)12-8-7-11(10-13(12)16)14-6-4-5-9-17-14/h4-10H,1-3H3. The minimum Gasteiger partial charge on any atom is -0.256 e. The molecule has 0 saturated carbocycles. The van der Waals surface area contributed by atoms with Crippen LogP contribution in [0.4, 0.5) is 0 Å². The maximum atomic E-state index is 4.36. The molecule has 2 rings (SSSR count). The maximum Gasteiger partial charge on any atom is 0.0702 e. The molecule has 17 heavy (non-hydrogen) atoms. The van der Waals surface area contributed by atoms with Gasteiger partial charge in [-0.1, -0.05) is 54.9 Å². The first-order valence-electron chi connectivity index (χ1n) is 5.70. The molecular weight excluding hydrogens is 274 g/mol. The quantitative estimate of drug-likeness (QED) is 0.734. The summed E-state index contributed by atoms with van der Waals surface area (Å²) in [6, 6.07) is 12.4. The molecule has 0 radical (unpaired) electrons. The normalized spacial score (nSPS) is 11.5. The maximum absolute atomic E-state index is 4.36. The Bertz CT molecular complexity index is 512. The third kappa shape index (κ3) is 2.75. The molecule has 0 saturated heterocycles. The van der Waals surface area contributed by atoms with Crippen LogP contribution in [0, 0.1) is 0 Å². The summed E-state index contributed by atoms with van der Waals surface area (Å²) < 4.78 is 1.15. The van der Waals surface area contributed by atoms with E-state index < -0.39 is 0 Å². The second-order valence-corrected chi connectivity index (χ2v) is 6.01. The lowest BCUT2D eigenvalue weighted by Gasteiger charge is -2.21. The van der Waals surface area contributed by atoms with E-state index in [2.05, 4.69) is 59.9 Å². The van der Waals surface area contributed by atoms with Crippen LogP contribution in [-0.4, -0.2) is 4.98 Å². The molecular formula is C15H16BrN. The highest BCUT2D eigenvalue weighted by Gasteiger charge is 2.17. The van der Waals surface area contributed by atoms with Crippen molar-refractivity contribution in [1.29, 1.82) is 0 Å². The highest BCUT2D eigenvalue weighted by atomic mass is 79.9. The number of pyridine rings is 1. The van der Waals surface area contributed by atoms with E-state index in [0.717, 1.165) is 15.7 Å². The largest absolute Gasteiger partial charge is 0.256 e. The van der Waals surface area contributed by atoms with Crippen molar-refractivity contribution >= 4 is 15.9 Å². The van der Waals surface area contributed by atoms with E-state index in [9.17, 15) is 0 Å². The van der Waals surface area contributed by atoms with Crippen molar-refractivity contribution in [1.82, 2.24) is 4.98 Å². The molecule has 1 heterocycles. The minimum absolute atomic E-state index is 0.154. The Morgan fingerprint density at radius 2 is 1.82 bits per heavy atom. The lowest BCUT2D eigenvalue weighted by Crippen LogP contribution is -2.11. The molecule has 0 spiro atoms. The molecule has 0 aliphatic heterocycles. The van der Waals surface area contributed by atoms with Crippen LogP contribution in [0.1, 0.15) is 26.3 Å². The zero-order chi connectivity index (χ0) is 12.5. The van der Waals surface area contributed by atoms with Crippen LogP contribution in [0.15, 0.2) is 47.1 Å². The Labute approximate surface area is 111 Å². The number of benzene rings is 1. The van der Waals surface area contributed by atoms with E-state index in [1.165, 1.54) is 5.56 Å². The fourth-order valence-electron chi connectivity index (χ4n) is 1.82. The van der Waals surface area contributed by atoms with Crippen LogP contribution in [0.3, 0.4) is 0 Å². The Morgan fingerprint density at radius 1 is 1.06 bits per heavy atom. The van der Waals surface area contributed by atoms with E-state index >= 15 is 0 Å². The number of hydrogen-bond acceptors (Lipinski definition) is 1. The van der Waals surface area contributed by atoms with Crippen molar-refractivity contribution in [3.8, 4) is 11.3 Å². The summed E-state index contributed by atoms with van der Waals surface area (Å²) in [5.74, 6) is 0. The molecule has 0 fully saturated rings. The van der Waals surface area contributed by atoms with Gasteiger partial charge in [-0.05, 0) is 29.2 Å². The topological polar surface area (TPSA) is 12.9 Å². The van der Waals surface area contributed by atoms with Gasteiger partial charge >= 0.3 is 0 Å². The fourth-order valence-corrected chi connectivity index (χ4v) is 2.79. The molecule has 1 nitrogen and oxygen atoms in total. The Balaban J connectivity index is 2.45. The van der Waals surface area contributed by atoms with Crippen LogP contribution in [0.2, 0.25) is 0 Å². The van der Waals surface area contributed by atoms with E-state index in [1.54, 1.807) is 0 Å². The minimum atomic E-state index is 0.154. The van der Waals surface area contributed by atoms with Crippen LogP contribution in [0.25, 0.3) is 11.3 Å². The summed E-state index contributed by atoms with van der Waals surface area (Å²) in [4.78, 5) is 4.36. The second kappa shape index (κ2) is 4.61. The van der Waals surface area contributed by atoms with Gasteiger partial charge in [-0.25, -0.2) is 0 Å². The number of rotatable bonds is 1. The molecule has 0 N–H and O–H groups in total. The van der Waals surface area contributed by atoms with Crippen LogP contribution >= 0.6 is 15.9 Å². The molecule has 1 aromatic carbocycles. The molecule has 0 aliphatic carbocycles. The van der Waals surface area contributed by atoms with E-state index in [4.69, 9.17) is 0 Å². The first kappa shape index (κ1) is 12.3. The van der Waals surface area contributed by atoms with Gasteiger partial charge in [0.05, 0.1) is 5.69 Å². The summed E-state index contributed by atoms with van der Waals surface area (Å²) in [5, 5.41) is 0. The lowest BCUT2D eigenvalue weighted by molar-refractivity contribution is 0.587. The SMILES string of the molecule is CC(C)(C)c1ccc(-c2ccccn2)cc1Br.